The van der Waals surface area contributed by atoms with E-state index in [9.17, 15) is 9.18 Å². The highest BCUT2D eigenvalue weighted by atomic mass is 19.1. The Morgan fingerprint density at radius 3 is 2.56 bits per heavy atom. The topological polar surface area (TPSA) is 43.1 Å². The Bertz CT molecular complexity index is 120. The van der Waals surface area contributed by atoms with Crippen molar-refractivity contribution in [2.24, 2.45) is 11.7 Å². The molecule has 0 saturated heterocycles. The first kappa shape index (κ1) is 6.52. The molecule has 2 N–H and O–H groups in total. The minimum atomic E-state index is -0.672. The van der Waals surface area contributed by atoms with Crippen molar-refractivity contribution in [2.45, 2.75) is 25.4 Å². The van der Waals surface area contributed by atoms with Gasteiger partial charge in [0, 0.05) is 6.42 Å². The summed E-state index contributed by atoms with van der Waals surface area (Å²) in [6, 6.07) is 0. The van der Waals surface area contributed by atoms with Crippen LogP contribution < -0.4 is 5.73 Å². The summed E-state index contributed by atoms with van der Waals surface area (Å²) in [5.74, 6) is -0.0793. The van der Waals surface area contributed by atoms with Crippen LogP contribution in [0, 0.1) is 5.92 Å². The zero-order chi connectivity index (χ0) is 6.85. The van der Waals surface area contributed by atoms with Crippen LogP contribution in [0.5, 0.6) is 0 Å². The molecule has 0 aromatic rings. The molecule has 0 spiro atoms. The first-order valence-electron chi connectivity index (χ1n) is 3.11. The summed E-state index contributed by atoms with van der Waals surface area (Å²) in [7, 11) is 0. The maximum atomic E-state index is 12.1. The summed E-state index contributed by atoms with van der Waals surface area (Å²) in [4.78, 5) is 10.2. The number of carbonyl (C=O) groups excluding carboxylic acids is 1. The summed E-state index contributed by atoms with van der Waals surface area (Å²) in [5, 5.41) is 0. The van der Waals surface area contributed by atoms with Gasteiger partial charge >= 0.3 is 0 Å². The van der Waals surface area contributed by atoms with Crippen molar-refractivity contribution in [3.8, 4) is 0 Å². The molecule has 2 nitrogen and oxygen atoms in total. The van der Waals surface area contributed by atoms with Crippen molar-refractivity contribution in [3.63, 3.8) is 0 Å². The molecule has 3 heteroatoms. The molecule has 9 heavy (non-hydrogen) atoms. The van der Waals surface area contributed by atoms with E-state index in [0.717, 1.165) is 0 Å². The molecule has 1 aliphatic rings. The number of carbonyl (C=O) groups is 1. The molecule has 1 aliphatic carbocycles. The van der Waals surface area contributed by atoms with E-state index in [-0.39, 0.29) is 11.8 Å². The van der Waals surface area contributed by atoms with Crippen LogP contribution in [0.15, 0.2) is 0 Å². The minimum Gasteiger partial charge on any atom is -0.370 e. The second-order valence-electron chi connectivity index (χ2n) is 2.61. The Kier molecular flexibility index (Phi) is 1.69. The number of rotatable bonds is 2. The van der Waals surface area contributed by atoms with Gasteiger partial charge in [-0.1, -0.05) is 0 Å². The minimum absolute atomic E-state index is 0.234. The number of halogens is 1. The monoisotopic (exact) mass is 131 g/mol. The van der Waals surface area contributed by atoms with E-state index in [2.05, 4.69) is 0 Å². The first-order valence-corrected chi connectivity index (χ1v) is 3.11. The van der Waals surface area contributed by atoms with Crippen LogP contribution >= 0.6 is 0 Å². The Labute approximate surface area is 53.2 Å². The highest BCUT2D eigenvalue weighted by molar-refractivity contribution is 5.74. The highest BCUT2D eigenvalue weighted by Crippen LogP contribution is 2.32. The molecule has 1 rings (SSSR count). The lowest BCUT2D eigenvalue weighted by Gasteiger charge is -2.28. The summed E-state index contributed by atoms with van der Waals surface area (Å²) in [6.07, 6.45) is 0.751. The van der Waals surface area contributed by atoms with E-state index >= 15 is 0 Å². The summed E-state index contributed by atoms with van der Waals surface area (Å²) < 4.78 is 12.1. The van der Waals surface area contributed by atoms with Gasteiger partial charge in [0.15, 0.2) is 0 Å². The number of primary amides is 1. The fraction of sp³-hybridized carbons (Fsp3) is 0.833. The maximum absolute atomic E-state index is 12.1. The molecule has 52 valence electrons. The Morgan fingerprint density at radius 1 is 1.67 bits per heavy atom. The third-order valence-electron chi connectivity index (χ3n) is 1.67. The van der Waals surface area contributed by atoms with Gasteiger partial charge in [-0.05, 0) is 18.8 Å². The van der Waals surface area contributed by atoms with Crippen molar-refractivity contribution in [1.29, 1.82) is 0 Å². The summed E-state index contributed by atoms with van der Waals surface area (Å²) >= 11 is 0. The summed E-state index contributed by atoms with van der Waals surface area (Å²) in [6.45, 7) is 0. The molecular weight excluding hydrogens is 121 g/mol. The maximum Gasteiger partial charge on any atom is 0.217 e. The van der Waals surface area contributed by atoms with Crippen molar-refractivity contribution < 1.29 is 9.18 Å². The van der Waals surface area contributed by atoms with Crippen molar-refractivity contribution in [2.75, 3.05) is 0 Å². The fourth-order valence-electron chi connectivity index (χ4n) is 1.11. The van der Waals surface area contributed by atoms with E-state index in [4.69, 9.17) is 5.73 Å². The van der Waals surface area contributed by atoms with Crippen LogP contribution in [0.4, 0.5) is 4.39 Å². The van der Waals surface area contributed by atoms with Crippen LogP contribution in [0.1, 0.15) is 19.3 Å². The molecule has 0 aromatic carbocycles. The van der Waals surface area contributed by atoms with Gasteiger partial charge in [-0.25, -0.2) is 4.39 Å². The molecule has 1 fully saturated rings. The number of hydrogen-bond donors (Lipinski definition) is 1. The number of hydrogen-bond acceptors (Lipinski definition) is 1. The van der Waals surface area contributed by atoms with E-state index in [1.807, 2.05) is 0 Å². The van der Waals surface area contributed by atoms with E-state index in [1.54, 1.807) is 0 Å². The van der Waals surface area contributed by atoms with Gasteiger partial charge in [0.2, 0.25) is 5.91 Å². The molecule has 1 amide bonds. The van der Waals surface area contributed by atoms with Gasteiger partial charge in [0.1, 0.15) is 6.17 Å². The van der Waals surface area contributed by atoms with E-state index < -0.39 is 6.17 Å². The molecule has 0 aromatic heterocycles. The van der Waals surface area contributed by atoms with Crippen LogP contribution in [0.25, 0.3) is 0 Å². The zero-order valence-corrected chi connectivity index (χ0v) is 5.14. The molecule has 0 radical (unpaired) electrons. The Balaban J connectivity index is 2.11. The molecule has 0 heterocycles. The van der Waals surface area contributed by atoms with E-state index in [1.165, 1.54) is 0 Å². The van der Waals surface area contributed by atoms with Crippen molar-refractivity contribution >= 4 is 5.91 Å². The zero-order valence-electron chi connectivity index (χ0n) is 5.14. The third kappa shape index (κ3) is 1.66. The lowest BCUT2D eigenvalue weighted by Crippen LogP contribution is -2.29. The first-order chi connectivity index (χ1) is 4.18. The number of nitrogens with two attached hydrogens (primary N) is 1. The van der Waals surface area contributed by atoms with Crippen LogP contribution in [0.2, 0.25) is 0 Å². The fourth-order valence-corrected chi connectivity index (χ4v) is 1.11. The van der Waals surface area contributed by atoms with Gasteiger partial charge in [0.05, 0.1) is 0 Å². The molecule has 1 saturated carbocycles. The van der Waals surface area contributed by atoms with Crippen LogP contribution in [-0.4, -0.2) is 12.1 Å². The normalized spacial score (nSPS) is 33.4. The second-order valence-corrected chi connectivity index (χ2v) is 2.61. The predicted octanol–water partition coefficient (Wildman–Crippen LogP) is 0.610. The third-order valence-corrected chi connectivity index (χ3v) is 1.67. The van der Waals surface area contributed by atoms with Gasteiger partial charge < -0.3 is 5.73 Å². The lowest BCUT2D eigenvalue weighted by atomic mass is 9.81. The molecule has 0 aliphatic heterocycles. The Hall–Kier alpha value is -0.600. The van der Waals surface area contributed by atoms with E-state index in [0.29, 0.717) is 19.3 Å². The lowest BCUT2D eigenvalue weighted by molar-refractivity contribution is -0.119. The van der Waals surface area contributed by atoms with Crippen LogP contribution in [-0.2, 0) is 4.79 Å². The average Bonchev–Trinajstić information content (AvgIpc) is 1.60. The predicted molar refractivity (Wildman–Crippen MR) is 31.4 cm³/mol. The number of alkyl halides is 1. The second kappa shape index (κ2) is 2.33. The van der Waals surface area contributed by atoms with Crippen molar-refractivity contribution in [3.05, 3.63) is 0 Å². The number of amides is 1. The summed E-state index contributed by atoms with van der Waals surface area (Å²) in [5.41, 5.74) is 4.89. The highest BCUT2D eigenvalue weighted by Gasteiger charge is 2.29. The van der Waals surface area contributed by atoms with Gasteiger partial charge in [-0.2, -0.15) is 0 Å². The smallest absolute Gasteiger partial charge is 0.217 e. The SMILES string of the molecule is NC(=O)CC1CC(F)C1. The Morgan fingerprint density at radius 2 is 2.22 bits per heavy atom. The van der Waals surface area contributed by atoms with Gasteiger partial charge in [0.25, 0.3) is 0 Å². The van der Waals surface area contributed by atoms with Gasteiger partial charge in [-0.3, -0.25) is 4.79 Å². The quantitative estimate of drug-likeness (QED) is 0.586. The average molecular weight is 131 g/mol. The van der Waals surface area contributed by atoms with Crippen molar-refractivity contribution in [1.82, 2.24) is 0 Å². The standard InChI is InChI=1S/C6H10FNO/c7-5-1-4(2-5)3-6(8)9/h4-5H,1-3H2,(H2,8,9). The molecular formula is C6H10FNO. The van der Waals surface area contributed by atoms with Gasteiger partial charge in [-0.15, -0.1) is 0 Å². The molecule has 0 unspecified atom stereocenters. The van der Waals surface area contributed by atoms with Crippen LogP contribution in [0.3, 0.4) is 0 Å². The largest absolute Gasteiger partial charge is 0.370 e. The molecule has 0 bridgehead atoms. The molecule has 0 atom stereocenters.